The summed E-state index contributed by atoms with van der Waals surface area (Å²) in [4.78, 5) is 24.3. The van der Waals surface area contributed by atoms with Crippen LogP contribution in [0.2, 0.25) is 0 Å². The standard InChI is InChI=1S/C29H32N4O5S/c1-19-17-37-18-20(2)33(19)26-16-25(29(14-15-29)39(35,36)24-12-13-24)31-27(32-26)21-8-10-22(11-9-21)30-28(34)38-23-6-4-3-5-7-23/h3-11,16,19-20,24H,12-15,17-18H2,1-2H3,(H,30,34)/t19-,20-/m0/s1. The Morgan fingerprint density at radius 2 is 1.67 bits per heavy atom. The quantitative estimate of drug-likeness (QED) is 0.442. The van der Waals surface area contributed by atoms with Crippen LogP contribution < -0.4 is 15.0 Å². The summed E-state index contributed by atoms with van der Waals surface area (Å²) in [5, 5.41) is 2.47. The highest BCUT2D eigenvalue weighted by Crippen LogP contribution is 2.57. The highest BCUT2D eigenvalue weighted by atomic mass is 32.2. The van der Waals surface area contributed by atoms with Crippen molar-refractivity contribution < 1.29 is 22.7 Å². The van der Waals surface area contributed by atoms with Crippen molar-refractivity contribution >= 4 is 27.4 Å². The lowest BCUT2D eigenvalue weighted by molar-refractivity contribution is 0.0752. The molecule has 2 saturated carbocycles. The summed E-state index contributed by atoms with van der Waals surface area (Å²) in [6, 6.07) is 18.0. The summed E-state index contributed by atoms with van der Waals surface area (Å²) in [7, 11) is -3.32. The van der Waals surface area contributed by atoms with Crippen LogP contribution in [0.4, 0.5) is 16.3 Å². The van der Waals surface area contributed by atoms with Crippen LogP contribution in [0.25, 0.3) is 11.4 Å². The van der Waals surface area contributed by atoms with Gasteiger partial charge in [-0.05, 0) is 75.9 Å². The van der Waals surface area contributed by atoms with Gasteiger partial charge in [0.25, 0.3) is 0 Å². The van der Waals surface area contributed by atoms with Gasteiger partial charge < -0.3 is 14.4 Å². The smallest absolute Gasteiger partial charge is 0.410 e. The molecule has 0 spiro atoms. The molecular formula is C29H32N4O5S. The Morgan fingerprint density at radius 1 is 1.00 bits per heavy atom. The van der Waals surface area contributed by atoms with Crippen molar-refractivity contribution in [3.05, 3.63) is 66.4 Å². The first kappa shape index (κ1) is 25.8. The predicted molar refractivity (Wildman–Crippen MR) is 149 cm³/mol. The molecule has 3 fully saturated rings. The normalized spacial score (nSPS) is 22.3. The molecule has 39 heavy (non-hydrogen) atoms. The molecule has 1 N–H and O–H groups in total. The van der Waals surface area contributed by atoms with E-state index in [2.05, 4.69) is 24.1 Å². The largest absolute Gasteiger partial charge is 0.417 e. The number of rotatable bonds is 7. The highest BCUT2D eigenvalue weighted by molar-refractivity contribution is 7.93. The van der Waals surface area contributed by atoms with Crippen LogP contribution in [0.1, 0.15) is 45.2 Å². The van der Waals surface area contributed by atoms with Gasteiger partial charge in [-0.25, -0.2) is 23.2 Å². The predicted octanol–water partition coefficient (Wildman–Crippen LogP) is 4.93. The molecule has 2 atom stereocenters. The molecule has 0 radical (unpaired) electrons. The van der Waals surface area contributed by atoms with Gasteiger partial charge in [-0.2, -0.15) is 0 Å². The zero-order valence-corrected chi connectivity index (χ0v) is 22.9. The number of anilines is 2. The third-order valence-electron chi connectivity index (χ3n) is 7.67. The first-order chi connectivity index (χ1) is 18.8. The van der Waals surface area contributed by atoms with Crippen LogP contribution in [0.5, 0.6) is 5.75 Å². The van der Waals surface area contributed by atoms with E-state index in [1.807, 2.05) is 24.3 Å². The number of morpholine rings is 1. The Hall–Kier alpha value is -3.50. The van der Waals surface area contributed by atoms with E-state index in [1.165, 1.54) is 0 Å². The number of nitrogens with one attached hydrogen (secondary N) is 1. The topological polar surface area (TPSA) is 111 Å². The number of carbonyl (C=O) groups excluding carboxylic acids is 1. The Balaban J connectivity index is 1.32. The van der Waals surface area contributed by atoms with Gasteiger partial charge in [-0.15, -0.1) is 0 Å². The van der Waals surface area contributed by atoms with E-state index in [0.29, 0.717) is 54.8 Å². The van der Waals surface area contributed by atoms with Gasteiger partial charge in [0.15, 0.2) is 15.7 Å². The number of nitrogens with zero attached hydrogens (tertiary/aromatic N) is 3. The Kier molecular flexibility index (Phi) is 6.55. The fourth-order valence-electron chi connectivity index (χ4n) is 5.32. The van der Waals surface area contributed by atoms with E-state index in [4.69, 9.17) is 19.4 Å². The molecule has 2 heterocycles. The SMILES string of the molecule is C[C@H]1COC[C@H](C)N1c1cc(C2(S(=O)(=O)C3CC3)CC2)nc(-c2ccc(NC(=O)Oc3ccccc3)cc2)n1. The molecule has 1 amide bonds. The zero-order valence-electron chi connectivity index (χ0n) is 22.0. The van der Waals surface area contributed by atoms with Gasteiger partial charge in [0.2, 0.25) is 0 Å². The number of hydrogen-bond acceptors (Lipinski definition) is 8. The summed E-state index contributed by atoms with van der Waals surface area (Å²) in [5.41, 5.74) is 1.86. The summed E-state index contributed by atoms with van der Waals surface area (Å²) in [5.74, 6) is 1.62. The van der Waals surface area contributed by atoms with E-state index in [1.54, 1.807) is 36.4 Å². The van der Waals surface area contributed by atoms with Crippen LogP contribution in [0.3, 0.4) is 0 Å². The maximum absolute atomic E-state index is 13.5. The first-order valence-electron chi connectivity index (χ1n) is 13.4. The monoisotopic (exact) mass is 548 g/mol. The fraction of sp³-hybridized carbons (Fsp3) is 0.414. The highest BCUT2D eigenvalue weighted by Gasteiger charge is 2.61. The number of ether oxygens (including phenoxy) is 2. The lowest BCUT2D eigenvalue weighted by Crippen LogP contribution is -2.50. The number of carbonyl (C=O) groups is 1. The second-order valence-electron chi connectivity index (χ2n) is 10.7. The average molecular weight is 549 g/mol. The second-order valence-corrected chi connectivity index (χ2v) is 13.3. The number of sulfone groups is 1. The van der Waals surface area contributed by atoms with Crippen molar-refractivity contribution in [2.45, 2.75) is 61.6 Å². The molecule has 1 aromatic heterocycles. The van der Waals surface area contributed by atoms with Crippen molar-refractivity contribution in [3.63, 3.8) is 0 Å². The molecule has 0 unspecified atom stereocenters. The number of benzene rings is 2. The fourth-order valence-corrected chi connectivity index (χ4v) is 7.79. The van der Waals surface area contributed by atoms with Crippen molar-refractivity contribution in [1.82, 2.24) is 9.97 Å². The summed E-state index contributed by atoms with van der Waals surface area (Å²) in [6.07, 6.45) is 2.04. The Bertz CT molecular complexity index is 1460. The minimum Gasteiger partial charge on any atom is -0.410 e. The number of hydrogen-bond donors (Lipinski definition) is 1. The summed E-state index contributed by atoms with van der Waals surface area (Å²) >= 11 is 0. The molecule has 1 saturated heterocycles. The van der Waals surface area contributed by atoms with Crippen molar-refractivity contribution in [2.24, 2.45) is 0 Å². The maximum Gasteiger partial charge on any atom is 0.417 e. The molecule has 2 aliphatic carbocycles. The van der Waals surface area contributed by atoms with Crippen LogP contribution >= 0.6 is 0 Å². The summed E-state index contributed by atoms with van der Waals surface area (Å²) < 4.78 is 37.0. The van der Waals surface area contributed by atoms with Gasteiger partial charge in [0.05, 0.1) is 36.2 Å². The van der Waals surface area contributed by atoms with Gasteiger partial charge in [0, 0.05) is 17.3 Å². The third-order valence-corrected chi connectivity index (χ3v) is 10.7. The van der Waals surface area contributed by atoms with Crippen molar-refractivity contribution in [1.29, 1.82) is 0 Å². The van der Waals surface area contributed by atoms with E-state index in [-0.39, 0.29) is 17.3 Å². The maximum atomic E-state index is 13.5. The third kappa shape index (κ3) is 4.98. The number of para-hydroxylation sites is 1. The van der Waals surface area contributed by atoms with Crippen LogP contribution in [0, 0.1) is 0 Å². The lowest BCUT2D eigenvalue weighted by Gasteiger charge is -2.40. The molecule has 9 nitrogen and oxygen atoms in total. The molecule has 3 aliphatic rings. The molecule has 10 heteroatoms. The molecule has 0 bridgehead atoms. The molecule has 204 valence electrons. The summed E-state index contributed by atoms with van der Waals surface area (Å²) in [6.45, 7) is 5.31. The molecule has 1 aliphatic heterocycles. The minimum absolute atomic E-state index is 0.0849. The van der Waals surface area contributed by atoms with E-state index >= 15 is 0 Å². The van der Waals surface area contributed by atoms with Crippen LogP contribution in [-0.4, -0.2) is 55.0 Å². The van der Waals surface area contributed by atoms with Gasteiger partial charge in [-0.1, -0.05) is 18.2 Å². The number of aromatic nitrogens is 2. The minimum atomic E-state index is -3.32. The van der Waals surface area contributed by atoms with E-state index < -0.39 is 20.7 Å². The Labute approximate surface area is 228 Å². The zero-order chi connectivity index (χ0) is 27.2. The molecule has 3 aromatic rings. The average Bonchev–Trinajstić information content (AvgIpc) is 3.83. The van der Waals surface area contributed by atoms with Crippen molar-refractivity contribution in [2.75, 3.05) is 23.4 Å². The Morgan fingerprint density at radius 3 is 2.28 bits per heavy atom. The van der Waals surface area contributed by atoms with Crippen LogP contribution in [0.15, 0.2) is 60.7 Å². The second kappa shape index (κ2) is 9.91. The van der Waals surface area contributed by atoms with Gasteiger partial charge in [-0.3, -0.25) is 5.32 Å². The van der Waals surface area contributed by atoms with Crippen molar-refractivity contribution in [3.8, 4) is 17.1 Å². The lowest BCUT2D eigenvalue weighted by atomic mass is 10.1. The van der Waals surface area contributed by atoms with Crippen LogP contribution in [-0.2, 0) is 19.3 Å². The first-order valence-corrected chi connectivity index (χ1v) is 14.9. The van der Waals surface area contributed by atoms with E-state index in [9.17, 15) is 13.2 Å². The molecular weight excluding hydrogens is 516 g/mol. The van der Waals surface area contributed by atoms with Gasteiger partial charge in [0.1, 0.15) is 16.3 Å². The molecule has 6 rings (SSSR count). The molecule has 2 aromatic carbocycles. The number of amides is 1. The van der Waals surface area contributed by atoms with Gasteiger partial charge >= 0.3 is 6.09 Å². The van der Waals surface area contributed by atoms with E-state index in [0.717, 1.165) is 18.4 Å².